The molecule has 9 heteroatoms. The summed E-state index contributed by atoms with van der Waals surface area (Å²) in [5.74, 6) is -0.734. The summed E-state index contributed by atoms with van der Waals surface area (Å²) in [4.78, 5) is 41.4. The molecule has 2 amide bonds. The first-order chi connectivity index (χ1) is 15.0. The van der Waals surface area contributed by atoms with Gasteiger partial charge in [-0.15, -0.1) is 0 Å². The second kappa shape index (κ2) is 8.80. The Morgan fingerprint density at radius 2 is 1.81 bits per heavy atom. The topological polar surface area (TPSA) is 111 Å². The van der Waals surface area contributed by atoms with Crippen LogP contribution in [0.5, 0.6) is 0 Å². The number of para-hydroxylation sites is 1. The third-order valence-electron chi connectivity index (χ3n) is 4.24. The average Bonchev–Trinajstić information content (AvgIpc) is 3.16. The zero-order chi connectivity index (χ0) is 21.8. The molecule has 31 heavy (non-hydrogen) atoms. The van der Waals surface area contributed by atoms with E-state index in [1.54, 1.807) is 31.2 Å². The number of fused-ring (bicyclic) bond motifs is 1. The van der Waals surface area contributed by atoms with Crippen LogP contribution >= 0.6 is 11.3 Å². The van der Waals surface area contributed by atoms with Gasteiger partial charge < -0.3 is 14.5 Å². The highest BCUT2D eigenvalue weighted by atomic mass is 32.1. The molecule has 0 saturated carbocycles. The maximum atomic E-state index is 12.9. The molecule has 2 aromatic heterocycles. The second-order valence-corrected chi connectivity index (χ2v) is 7.33. The molecule has 0 saturated heterocycles. The Kier molecular flexibility index (Phi) is 5.76. The normalized spacial score (nSPS) is 10.6. The highest BCUT2D eigenvalue weighted by Crippen LogP contribution is 2.36. The van der Waals surface area contributed by atoms with E-state index in [0.717, 1.165) is 23.0 Å². The molecule has 0 atom stereocenters. The zero-order valence-electron chi connectivity index (χ0n) is 16.4. The number of rotatable bonds is 5. The van der Waals surface area contributed by atoms with Gasteiger partial charge in [0.1, 0.15) is 16.3 Å². The molecule has 4 aromatic rings. The van der Waals surface area contributed by atoms with E-state index in [9.17, 15) is 14.4 Å². The van der Waals surface area contributed by atoms with E-state index in [1.165, 1.54) is 0 Å². The van der Waals surface area contributed by atoms with Gasteiger partial charge in [0.2, 0.25) is 0 Å². The summed E-state index contributed by atoms with van der Waals surface area (Å²) in [6.07, 6.45) is -0.644. The van der Waals surface area contributed by atoms with Crippen LogP contribution in [-0.4, -0.2) is 23.6 Å². The highest BCUT2D eigenvalue weighted by Gasteiger charge is 2.20. The summed E-state index contributed by atoms with van der Waals surface area (Å²) >= 11 is 1.06. The molecule has 0 aliphatic heterocycles. The minimum absolute atomic E-state index is 0.129. The van der Waals surface area contributed by atoms with Crippen LogP contribution in [0.4, 0.5) is 14.9 Å². The molecule has 0 aliphatic carbocycles. The van der Waals surface area contributed by atoms with Gasteiger partial charge >= 0.3 is 6.09 Å². The summed E-state index contributed by atoms with van der Waals surface area (Å²) in [5, 5.41) is 6.31. The third-order valence-corrected chi connectivity index (χ3v) is 5.13. The Bertz CT molecular complexity index is 1310. The van der Waals surface area contributed by atoms with Gasteiger partial charge in [0, 0.05) is 11.6 Å². The summed E-state index contributed by atoms with van der Waals surface area (Å²) in [6, 6.07) is 17.0. The number of anilines is 2. The van der Waals surface area contributed by atoms with Crippen molar-refractivity contribution in [3.63, 3.8) is 0 Å². The molecule has 156 valence electrons. The first kappa shape index (κ1) is 20.3. The fourth-order valence-electron chi connectivity index (χ4n) is 2.89. The molecule has 8 nitrogen and oxygen atoms in total. The first-order valence-electron chi connectivity index (χ1n) is 9.39. The molecule has 2 N–H and O–H groups in total. The van der Waals surface area contributed by atoms with E-state index in [4.69, 9.17) is 9.15 Å². The SMILES string of the molecule is CCOC(=O)Nc1nc(-c2ccccc2)c(NC(=O)c2cc(=O)c3ccccc3o2)s1. The number of nitrogens with zero attached hydrogens (tertiary/aromatic N) is 1. The lowest BCUT2D eigenvalue weighted by Crippen LogP contribution is -2.14. The molecule has 2 heterocycles. The van der Waals surface area contributed by atoms with Gasteiger partial charge in [-0.1, -0.05) is 53.8 Å². The molecule has 0 radical (unpaired) electrons. The lowest BCUT2D eigenvalue weighted by atomic mass is 10.1. The van der Waals surface area contributed by atoms with E-state index in [1.807, 2.05) is 30.3 Å². The number of hydrogen-bond acceptors (Lipinski definition) is 7. The molecule has 4 rings (SSSR count). The van der Waals surface area contributed by atoms with Crippen molar-refractivity contribution >= 4 is 44.4 Å². The number of carbonyl (C=O) groups excluding carboxylic acids is 2. The standard InChI is InChI=1S/C22H17N3O5S/c1-2-29-22(28)25-21-23-18(13-8-4-3-5-9-13)20(31-21)24-19(27)17-12-15(26)14-10-6-7-11-16(14)30-17/h3-12H,2H2,1H3,(H,24,27)(H,23,25,28). The van der Waals surface area contributed by atoms with Crippen molar-refractivity contribution in [2.45, 2.75) is 6.92 Å². The van der Waals surface area contributed by atoms with Crippen molar-refractivity contribution in [1.82, 2.24) is 4.98 Å². The smallest absolute Gasteiger partial charge is 0.413 e. The van der Waals surface area contributed by atoms with Crippen molar-refractivity contribution in [3.05, 3.63) is 76.6 Å². The van der Waals surface area contributed by atoms with E-state index < -0.39 is 12.0 Å². The summed E-state index contributed by atoms with van der Waals surface area (Å²) in [6.45, 7) is 1.91. The Morgan fingerprint density at radius 3 is 2.58 bits per heavy atom. The predicted molar refractivity (Wildman–Crippen MR) is 119 cm³/mol. The van der Waals surface area contributed by atoms with Crippen LogP contribution in [-0.2, 0) is 4.74 Å². The van der Waals surface area contributed by atoms with Crippen LogP contribution < -0.4 is 16.1 Å². The molecular weight excluding hydrogens is 418 g/mol. The molecule has 0 bridgehead atoms. The number of amides is 2. The van der Waals surface area contributed by atoms with E-state index in [0.29, 0.717) is 21.7 Å². The molecule has 0 fully saturated rings. The van der Waals surface area contributed by atoms with E-state index in [-0.39, 0.29) is 22.9 Å². The van der Waals surface area contributed by atoms with Crippen LogP contribution in [0, 0.1) is 0 Å². The van der Waals surface area contributed by atoms with Crippen LogP contribution in [0.1, 0.15) is 17.5 Å². The van der Waals surface area contributed by atoms with Crippen LogP contribution in [0.15, 0.2) is 69.9 Å². The maximum absolute atomic E-state index is 12.9. The maximum Gasteiger partial charge on any atom is 0.413 e. The number of ether oxygens (including phenoxy) is 1. The number of hydrogen-bond donors (Lipinski definition) is 2. The first-order valence-corrected chi connectivity index (χ1v) is 10.2. The van der Waals surface area contributed by atoms with Gasteiger partial charge in [-0.2, -0.15) is 0 Å². The van der Waals surface area contributed by atoms with Crippen molar-refractivity contribution in [1.29, 1.82) is 0 Å². The fourth-order valence-corrected chi connectivity index (χ4v) is 3.75. The summed E-state index contributed by atoms with van der Waals surface area (Å²) in [5.41, 5.74) is 1.21. The van der Waals surface area contributed by atoms with Gasteiger partial charge in [-0.05, 0) is 19.1 Å². The second-order valence-electron chi connectivity index (χ2n) is 6.33. The number of carbonyl (C=O) groups is 2. The van der Waals surface area contributed by atoms with Gasteiger partial charge in [-0.3, -0.25) is 14.9 Å². The van der Waals surface area contributed by atoms with Crippen LogP contribution in [0.25, 0.3) is 22.2 Å². The molecule has 0 unspecified atom stereocenters. The molecule has 0 aliphatic rings. The molecule has 2 aromatic carbocycles. The van der Waals surface area contributed by atoms with E-state index >= 15 is 0 Å². The quantitative estimate of drug-likeness (QED) is 0.469. The minimum Gasteiger partial charge on any atom is -0.451 e. The minimum atomic E-state index is -0.644. The van der Waals surface area contributed by atoms with Crippen molar-refractivity contribution in [3.8, 4) is 11.3 Å². The molecule has 0 spiro atoms. The fraction of sp³-hybridized carbons (Fsp3) is 0.0909. The van der Waals surface area contributed by atoms with Gasteiger partial charge in [0.15, 0.2) is 16.3 Å². The van der Waals surface area contributed by atoms with Crippen LogP contribution in [0.3, 0.4) is 0 Å². The number of thiazole rings is 1. The zero-order valence-corrected chi connectivity index (χ0v) is 17.2. The number of nitrogens with one attached hydrogen (secondary N) is 2. The monoisotopic (exact) mass is 435 g/mol. The predicted octanol–water partition coefficient (Wildman–Crippen LogP) is 4.74. The van der Waals surface area contributed by atoms with Crippen molar-refractivity contribution < 1.29 is 18.7 Å². The Hall–Kier alpha value is -3.98. The number of aromatic nitrogens is 1. The van der Waals surface area contributed by atoms with Crippen molar-refractivity contribution in [2.75, 3.05) is 17.2 Å². The number of benzene rings is 2. The Morgan fingerprint density at radius 1 is 1.06 bits per heavy atom. The van der Waals surface area contributed by atoms with Crippen LogP contribution in [0.2, 0.25) is 0 Å². The van der Waals surface area contributed by atoms with Crippen molar-refractivity contribution in [2.24, 2.45) is 0 Å². The average molecular weight is 435 g/mol. The lowest BCUT2D eigenvalue weighted by Gasteiger charge is -2.05. The highest BCUT2D eigenvalue weighted by molar-refractivity contribution is 7.20. The third kappa shape index (κ3) is 4.46. The van der Waals surface area contributed by atoms with Gasteiger partial charge in [-0.25, -0.2) is 9.78 Å². The lowest BCUT2D eigenvalue weighted by molar-refractivity contribution is 0.0997. The van der Waals surface area contributed by atoms with Gasteiger partial charge in [0.05, 0.1) is 12.0 Å². The summed E-state index contributed by atoms with van der Waals surface area (Å²) < 4.78 is 10.5. The summed E-state index contributed by atoms with van der Waals surface area (Å²) in [7, 11) is 0. The largest absolute Gasteiger partial charge is 0.451 e. The Labute approximate surface area is 180 Å². The van der Waals surface area contributed by atoms with Gasteiger partial charge in [0.25, 0.3) is 5.91 Å². The van der Waals surface area contributed by atoms with E-state index in [2.05, 4.69) is 15.6 Å². The molecular formula is C22H17N3O5S. The Balaban J connectivity index is 1.68.